The monoisotopic (exact) mass is 417 g/mol. The normalized spacial score (nSPS) is 12.9. The Kier molecular flexibility index (Phi) is 4.86. The number of rotatable bonds is 5. The van der Waals surface area contributed by atoms with Gasteiger partial charge in [0.05, 0.1) is 21.3 Å². The van der Waals surface area contributed by atoms with Crippen molar-refractivity contribution < 1.29 is 18.6 Å². The molecule has 0 fully saturated rings. The summed E-state index contributed by atoms with van der Waals surface area (Å²) in [5.74, 6) is 3.31. The van der Waals surface area contributed by atoms with E-state index in [4.69, 9.17) is 18.6 Å². The molecular formula is C24H23N3O4. The molecule has 0 aliphatic carbocycles. The number of methoxy groups -OCH3 is 3. The molecule has 4 aromatic rings. The maximum atomic E-state index is 6.30. The van der Waals surface area contributed by atoms with Gasteiger partial charge in [-0.3, -0.25) is 4.98 Å². The van der Waals surface area contributed by atoms with Gasteiger partial charge in [0.25, 0.3) is 0 Å². The molecular weight excluding hydrogens is 394 g/mol. The van der Waals surface area contributed by atoms with Crippen LogP contribution in [0.15, 0.2) is 47.1 Å². The van der Waals surface area contributed by atoms with E-state index < -0.39 is 0 Å². The molecule has 4 heterocycles. The Labute approximate surface area is 180 Å². The number of benzene rings is 1. The second-order valence-corrected chi connectivity index (χ2v) is 7.36. The Balaban J connectivity index is 1.63. The van der Waals surface area contributed by atoms with Gasteiger partial charge >= 0.3 is 0 Å². The van der Waals surface area contributed by atoms with Crippen LogP contribution >= 0.6 is 0 Å². The largest absolute Gasteiger partial charge is 0.493 e. The summed E-state index contributed by atoms with van der Waals surface area (Å²) in [6.45, 7) is 0.967. The number of aryl methyl sites for hydroxylation is 1. The van der Waals surface area contributed by atoms with Crippen molar-refractivity contribution in [2.75, 3.05) is 33.2 Å². The number of nitrogens with zero attached hydrogens (tertiary/aromatic N) is 2. The van der Waals surface area contributed by atoms with E-state index in [0.717, 1.165) is 53.0 Å². The first-order valence-electron chi connectivity index (χ1n) is 10.1. The zero-order chi connectivity index (χ0) is 21.4. The van der Waals surface area contributed by atoms with Gasteiger partial charge in [0.1, 0.15) is 17.1 Å². The fourth-order valence-electron chi connectivity index (χ4n) is 4.02. The van der Waals surface area contributed by atoms with Gasteiger partial charge in [0, 0.05) is 41.7 Å². The van der Waals surface area contributed by atoms with Crippen LogP contribution in [0.5, 0.6) is 17.2 Å². The van der Waals surface area contributed by atoms with Crippen molar-refractivity contribution in [3.63, 3.8) is 0 Å². The van der Waals surface area contributed by atoms with Gasteiger partial charge < -0.3 is 23.9 Å². The highest BCUT2D eigenvalue weighted by molar-refractivity contribution is 5.92. The number of pyridine rings is 2. The third-order valence-electron chi connectivity index (χ3n) is 5.55. The summed E-state index contributed by atoms with van der Waals surface area (Å²) in [4.78, 5) is 9.12. The first kappa shape index (κ1) is 19.2. The molecule has 0 bridgehead atoms. The number of ether oxygens (including phenoxy) is 3. The Morgan fingerprint density at radius 1 is 0.935 bits per heavy atom. The maximum absolute atomic E-state index is 6.30. The van der Waals surface area contributed by atoms with Crippen LogP contribution in [0.3, 0.4) is 0 Å². The molecule has 7 heteroatoms. The van der Waals surface area contributed by atoms with Crippen LogP contribution in [-0.4, -0.2) is 37.8 Å². The van der Waals surface area contributed by atoms with Crippen molar-refractivity contribution in [2.24, 2.45) is 0 Å². The molecule has 0 atom stereocenters. The Morgan fingerprint density at radius 2 is 1.74 bits per heavy atom. The summed E-state index contributed by atoms with van der Waals surface area (Å²) in [5.41, 5.74) is 5.51. The van der Waals surface area contributed by atoms with Crippen molar-refractivity contribution in [1.29, 1.82) is 0 Å². The Bertz CT molecular complexity index is 1240. The van der Waals surface area contributed by atoms with Crippen molar-refractivity contribution in [3.05, 3.63) is 48.3 Å². The summed E-state index contributed by atoms with van der Waals surface area (Å²) in [6, 6.07) is 9.80. The van der Waals surface area contributed by atoms with Crippen LogP contribution in [0.4, 0.5) is 5.82 Å². The zero-order valence-electron chi connectivity index (χ0n) is 17.7. The highest BCUT2D eigenvalue weighted by Gasteiger charge is 2.19. The minimum Gasteiger partial charge on any atom is -0.493 e. The molecule has 0 spiro atoms. The van der Waals surface area contributed by atoms with Gasteiger partial charge in [0.15, 0.2) is 17.1 Å². The van der Waals surface area contributed by atoms with Gasteiger partial charge in [-0.1, -0.05) is 0 Å². The highest BCUT2D eigenvalue weighted by Crippen LogP contribution is 2.43. The third kappa shape index (κ3) is 3.32. The highest BCUT2D eigenvalue weighted by atomic mass is 16.5. The van der Waals surface area contributed by atoms with E-state index in [1.807, 2.05) is 30.5 Å². The quantitative estimate of drug-likeness (QED) is 0.493. The van der Waals surface area contributed by atoms with Crippen LogP contribution in [0.2, 0.25) is 0 Å². The molecule has 0 saturated heterocycles. The van der Waals surface area contributed by atoms with Gasteiger partial charge in [-0.05, 0) is 42.7 Å². The van der Waals surface area contributed by atoms with Crippen molar-refractivity contribution in [2.45, 2.75) is 12.8 Å². The van der Waals surface area contributed by atoms with Gasteiger partial charge in [-0.15, -0.1) is 0 Å². The lowest BCUT2D eigenvalue weighted by molar-refractivity contribution is 0.324. The molecule has 7 nitrogen and oxygen atoms in total. The molecule has 1 aliphatic heterocycles. The number of anilines is 1. The molecule has 1 aromatic carbocycles. The fourth-order valence-corrected chi connectivity index (χ4v) is 4.02. The molecule has 0 amide bonds. The number of hydrogen-bond donors (Lipinski definition) is 1. The summed E-state index contributed by atoms with van der Waals surface area (Å²) >= 11 is 0. The Morgan fingerprint density at radius 3 is 2.48 bits per heavy atom. The molecule has 5 rings (SSSR count). The molecule has 3 aromatic heterocycles. The molecule has 0 unspecified atom stereocenters. The van der Waals surface area contributed by atoms with E-state index in [1.165, 1.54) is 5.56 Å². The van der Waals surface area contributed by atoms with Crippen molar-refractivity contribution in [3.8, 4) is 39.7 Å². The Hall–Kier alpha value is -3.74. The van der Waals surface area contributed by atoms with Crippen LogP contribution in [-0.2, 0) is 6.42 Å². The average Bonchev–Trinajstić information content (AvgIpc) is 3.27. The lowest BCUT2D eigenvalue weighted by atomic mass is 10.0. The number of hydrogen-bond acceptors (Lipinski definition) is 7. The van der Waals surface area contributed by atoms with Gasteiger partial charge in [-0.25, -0.2) is 4.98 Å². The number of fused-ring (bicyclic) bond motifs is 2. The first-order chi connectivity index (χ1) is 15.2. The van der Waals surface area contributed by atoms with Crippen molar-refractivity contribution in [1.82, 2.24) is 9.97 Å². The number of aromatic nitrogens is 2. The van der Waals surface area contributed by atoms with E-state index >= 15 is 0 Å². The minimum atomic E-state index is 0.539. The first-order valence-corrected chi connectivity index (χ1v) is 10.1. The van der Waals surface area contributed by atoms with E-state index in [9.17, 15) is 0 Å². The summed E-state index contributed by atoms with van der Waals surface area (Å²) < 4.78 is 22.7. The molecule has 1 aliphatic rings. The second kappa shape index (κ2) is 7.83. The minimum absolute atomic E-state index is 0.539. The van der Waals surface area contributed by atoms with Gasteiger partial charge in [-0.2, -0.15) is 0 Å². The second-order valence-electron chi connectivity index (χ2n) is 7.36. The predicted octanol–water partition coefficient (Wildman–Crippen LogP) is 4.94. The standard InChI is InChI=1S/C24H23N3O4/c1-28-20-10-15(11-21(29-2)23(20)30-3)19-12-18-22(31-19)17(6-8-25-18)16-9-14-5-4-7-26-24(14)27-13-16/h6,8-13H,4-5,7H2,1-3H3,(H,26,27). The lowest BCUT2D eigenvalue weighted by Crippen LogP contribution is -2.13. The zero-order valence-corrected chi connectivity index (χ0v) is 17.7. The number of nitrogens with one attached hydrogen (secondary N) is 1. The van der Waals surface area contributed by atoms with Gasteiger partial charge in [0.2, 0.25) is 5.75 Å². The van der Waals surface area contributed by atoms with Crippen LogP contribution < -0.4 is 19.5 Å². The molecule has 31 heavy (non-hydrogen) atoms. The summed E-state index contributed by atoms with van der Waals surface area (Å²) in [5, 5.41) is 3.35. The molecule has 158 valence electrons. The molecule has 1 N–H and O–H groups in total. The maximum Gasteiger partial charge on any atom is 0.203 e. The van der Waals surface area contributed by atoms with E-state index in [1.54, 1.807) is 27.5 Å². The van der Waals surface area contributed by atoms with Crippen LogP contribution in [0.25, 0.3) is 33.6 Å². The van der Waals surface area contributed by atoms with E-state index in [0.29, 0.717) is 23.0 Å². The molecule has 0 radical (unpaired) electrons. The van der Waals surface area contributed by atoms with Crippen LogP contribution in [0, 0.1) is 0 Å². The summed E-state index contributed by atoms with van der Waals surface area (Å²) in [6.07, 6.45) is 5.81. The average molecular weight is 417 g/mol. The molecule has 0 saturated carbocycles. The number of furan rings is 1. The third-order valence-corrected chi connectivity index (χ3v) is 5.55. The van der Waals surface area contributed by atoms with Crippen LogP contribution in [0.1, 0.15) is 12.0 Å². The SMILES string of the molecule is COc1cc(-c2cc3nccc(-c4cnc5c(c4)CCCN5)c3o2)cc(OC)c1OC. The topological polar surface area (TPSA) is 78.6 Å². The fraction of sp³-hybridized carbons (Fsp3) is 0.250. The summed E-state index contributed by atoms with van der Waals surface area (Å²) in [7, 11) is 4.77. The van der Waals surface area contributed by atoms with Crippen molar-refractivity contribution >= 4 is 16.9 Å². The predicted molar refractivity (Wildman–Crippen MR) is 119 cm³/mol. The smallest absolute Gasteiger partial charge is 0.203 e. The lowest BCUT2D eigenvalue weighted by Gasteiger charge is -2.17. The van der Waals surface area contributed by atoms with E-state index in [2.05, 4.69) is 21.4 Å². The van der Waals surface area contributed by atoms with E-state index in [-0.39, 0.29) is 0 Å².